The van der Waals surface area contributed by atoms with E-state index in [2.05, 4.69) is 21.4 Å². The number of aromatic amines is 1. The molecule has 0 unspecified atom stereocenters. The highest BCUT2D eigenvalue weighted by atomic mass is 31.2. The summed E-state index contributed by atoms with van der Waals surface area (Å²) in [5.74, 6) is 2.54. The summed E-state index contributed by atoms with van der Waals surface area (Å²) >= 11 is 0. The van der Waals surface area contributed by atoms with Gasteiger partial charge in [-0.2, -0.15) is 5.10 Å². The maximum absolute atomic E-state index is 12.2. The van der Waals surface area contributed by atoms with Crippen molar-refractivity contribution in [3.63, 3.8) is 0 Å². The van der Waals surface area contributed by atoms with Gasteiger partial charge in [0.15, 0.2) is 0 Å². The lowest BCUT2D eigenvalue weighted by atomic mass is 10.1. The maximum atomic E-state index is 12.2. The molecule has 0 aliphatic carbocycles. The Morgan fingerprint density at radius 3 is 2.79 bits per heavy atom. The van der Waals surface area contributed by atoms with E-state index < -0.39 is 7.14 Å². The molecule has 1 aromatic carbocycles. The lowest BCUT2D eigenvalue weighted by molar-refractivity contribution is 0.588. The number of nitrogens with zero attached hydrogens (tertiary/aromatic N) is 1. The Kier molecular flexibility index (Phi) is 3.78. The van der Waals surface area contributed by atoms with E-state index in [0.717, 1.165) is 22.2 Å². The molecule has 2 N–H and O–H groups in total. The zero-order valence-electron chi connectivity index (χ0n) is 11.0. The van der Waals surface area contributed by atoms with Crippen LogP contribution in [0.2, 0.25) is 0 Å². The molecule has 0 saturated carbocycles. The van der Waals surface area contributed by atoms with Crippen LogP contribution in [0.1, 0.15) is 0 Å². The number of aromatic nitrogens is 2. The number of H-pyrrole nitrogens is 1. The lowest BCUT2D eigenvalue weighted by Gasteiger charge is -2.13. The molecule has 0 aliphatic rings. The lowest BCUT2D eigenvalue weighted by Crippen LogP contribution is -2.07. The van der Waals surface area contributed by atoms with Crippen LogP contribution in [0.25, 0.3) is 11.3 Å². The molecule has 1 heterocycles. The number of terminal acetylenes is 1. The Morgan fingerprint density at radius 2 is 2.21 bits per heavy atom. The SMILES string of the molecule is C#CCNc1ccc(P(C)(C)=O)cc1-c1ccn[nH]1. The van der Waals surface area contributed by atoms with Gasteiger partial charge in [-0.15, -0.1) is 6.42 Å². The Balaban J connectivity index is 2.51. The van der Waals surface area contributed by atoms with E-state index in [-0.39, 0.29) is 0 Å². The third kappa shape index (κ3) is 3.07. The minimum atomic E-state index is -2.29. The van der Waals surface area contributed by atoms with Gasteiger partial charge in [0.2, 0.25) is 0 Å². The first-order chi connectivity index (χ1) is 9.02. The topological polar surface area (TPSA) is 57.8 Å². The number of nitrogens with one attached hydrogen (secondary N) is 2. The Morgan fingerprint density at radius 1 is 1.42 bits per heavy atom. The first-order valence-corrected chi connectivity index (χ1v) is 8.49. The first-order valence-electron chi connectivity index (χ1n) is 5.89. The number of rotatable bonds is 4. The Bertz CT molecular complexity index is 650. The summed E-state index contributed by atoms with van der Waals surface area (Å²) in [6.07, 6.45) is 6.95. The van der Waals surface area contributed by atoms with Gasteiger partial charge in [0, 0.05) is 22.8 Å². The quantitative estimate of drug-likeness (QED) is 0.664. The highest BCUT2D eigenvalue weighted by Crippen LogP contribution is 2.37. The van der Waals surface area contributed by atoms with Crippen LogP contribution in [0.3, 0.4) is 0 Å². The van der Waals surface area contributed by atoms with Gasteiger partial charge in [0.1, 0.15) is 7.14 Å². The van der Waals surface area contributed by atoms with Crippen LogP contribution >= 0.6 is 7.14 Å². The Hall–Kier alpha value is -1.98. The number of hydrogen-bond donors (Lipinski definition) is 2. The number of hydrogen-bond acceptors (Lipinski definition) is 3. The molecule has 0 amide bonds. The van der Waals surface area contributed by atoms with Crippen molar-refractivity contribution in [3.8, 4) is 23.6 Å². The molecule has 5 heteroatoms. The minimum Gasteiger partial charge on any atom is -0.374 e. The summed E-state index contributed by atoms with van der Waals surface area (Å²) in [6.45, 7) is 3.96. The maximum Gasteiger partial charge on any atom is 0.109 e. The second kappa shape index (κ2) is 5.34. The largest absolute Gasteiger partial charge is 0.374 e. The molecule has 2 aromatic rings. The second-order valence-corrected chi connectivity index (χ2v) is 7.83. The highest BCUT2D eigenvalue weighted by Gasteiger charge is 2.15. The van der Waals surface area contributed by atoms with Gasteiger partial charge in [0.25, 0.3) is 0 Å². The molecule has 19 heavy (non-hydrogen) atoms. The predicted molar refractivity (Wildman–Crippen MR) is 80.4 cm³/mol. The van der Waals surface area contributed by atoms with Crippen LogP contribution in [0, 0.1) is 12.3 Å². The van der Waals surface area contributed by atoms with Crippen molar-refractivity contribution < 1.29 is 4.57 Å². The second-order valence-electron chi connectivity index (χ2n) is 4.61. The van der Waals surface area contributed by atoms with E-state index in [4.69, 9.17) is 6.42 Å². The molecule has 0 spiro atoms. The summed E-state index contributed by atoms with van der Waals surface area (Å²) in [6, 6.07) is 7.57. The molecule has 2 rings (SSSR count). The number of benzene rings is 1. The third-order valence-corrected chi connectivity index (χ3v) is 4.32. The zero-order chi connectivity index (χ0) is 13.9. The van der Waals surface area contributed by atoms with E-state index in [0.29, 0.717) is 6.54 Å². The fraction of sp³-hybridized carbons (Fsp3) is 0.214. The normalized spacial score (nSPS) is 11.0. The van der Waals surface area contributed by atoms with Crippen LogP contribution in [0.4, 0.5) is 5.69 Å². The van der Waals surface area contributed by atoms with Crippen molar-refractivity contribution in [3.05, 3.63) is 30.5 Å². The molecule has 0 fully saturated rings. The average Bonchev–Trinajstić information content (AvgIpc) is 2.88. The first kappa shape index (κ1) is 13.5. The van der Waals surface area contributed by atoms with Crippen LogP contribution < -0.4 is 10.6 Å². The van der Waals surface area contributed by atoms with Gasteiger partial charge >= 0.3 is 0 Å². The van der Waals surface area contributed by atoms with E-state index in [1.54, 1.807) is 19.5 Å². The molecule has 1 aromatic heterocycles. The zero-order valence-corrected chi connectivity index (χ0v) is 11.9. The molecule has 0 radical (unpaired) electrons. The van der Waals surface area contributed by atoms with Crippen LogP contribution in [0.15, 0.2) is 30.5 Å². The summed E-state index contributed by atoms with van der Waals surface area (Å²) in [5, 5.41) is 10.9. The van der Waals surface area contributed by atoms with Crippen molar-refractivity contribution in [1.82, 2.24) is 10.2 Å². The average molecular weight is 273 g/mol. The summed E-state index contributed by atoms with van der Waals surface area (Å²) in [5.41, 5.74) is 2.70. The van der Waals surface area contributed by atoms with Gasteiger partial charge in [-0.3, -0.25) is 5.10 Å². The van der Waals surface area contributed by atoms with Crippen molar-refractivity contribution in [2.45, 2.75) is 0 Å². The van der Waals surface area contributed by atoms with E-state index in [1.807, 2.05) is 24.3 Å². The summed E-state index contributed by atoms with van der Waals surface area (Å²) in [4.78, 5) is 0. The van der Waals surface area contributed by atoms with Crippen LogP contribution in [0.5, 0.6) is 0 Å². The van der Waals surface area contributed by atoms with Crippen LogP contribution in [-0.2, 0) is 4.57 Å². The van der Waals surface area contributed by atoms with Gasteiger partial charge in [0.05, 0.1) is 12.2 Å². The molecule has 0 saturated heterocycles. The molecule has 0 aliphatic heterocycles. The molecular weight excluding hydrogens is 257 g/mol. The molecular formula is C14H16N3OP. The monoisotopic (exact) mass is 273 g/mol. The highest BCUT2D eigenvalue weighted by molar-refractivity contribution is 7.70. The van der Waals surface area contributed by atoms with E-state index >= 15 is 0 Å². The fourth-order valence-electron chi connectivity index (χ4n) is 1.80. The van der Waals surface area contributed by atoms with Gasteiger partial charge in [-0.05, 0) is 37.6 Å². The minimum absolute atomic E-state index is 0.441. The third-order valence-electron chi connectivity index (χ3n) is 2.80. The van der Waals surface area contributed by atoms with Crippen LogP contribution in [-0.4, -0.2) is 30.1 Å². The van der Waals surface area contributed by atoms with Crippen molar-refractivity contribution in [2.75, 3.05) is 25.2 Å². The van der Waals surface area contributed by atoms with Crippen molar-refractivity contribution in [1.29, 1.82) is 0 Å². The van der Waals surface area contributed by atoms with Gasteiger partial charge in [-0.1, -0.05) is 5.92 Å². The summed E-state index contributed by atoms with van der Waals surface area (Å²) < 4.78 is 12.2. The Labute approximate surface area is 113 Å². The van der Waals surface area contributed by atoms with Crippen molar-refractivity contribution >= 4 is 18.1 Å². The molecule has 4 nitrogen and oxygen atoms in total. The molecule has 0 bridgehead atoms. The number of anilines is 1. The van der Waals surface area contributed by atoms with E-state index in [9.17, 15) is 4.57 Å². The standard InChI is InChI=1S/C14H16N3OP/c1-4-8-15-13-6-5-11(19(2,3)18)10-12(13)14-7-9-16-17-14/h1,5-7,9-10,15H,8H2,2-3H3,(H,16,17). The smallest absolute Gasteiger partial charge is 0.109 e. The van der Waals surface area contributed by atoms with Gasteiger partial charge in [-0.25, -0.2) is 0 Å². The molecule has 98 valence electrons. The van der Waals surface area contributed by atoms with Crippen molar-refractivity contribution in [2.24, 2.45) is 0 Å². The molecule has 0 atom stereocenters. The van der Waals surface area contributed by atoms with Gasteiger partial charge < -0.3 is 9.88 Å². The fourth-order valence-corrected chi connectivity index (χ4v) is 2.67. The summed E-state index contributed by atoms with van der Waals surface area (Å²) in [7, 11) is -2.29. The predicted octanol–water partition coefficient (Wildman–Crippen LogP) is 2.37. The van der Waals surface area contributed by atoms with E-state index in [1.165, 1.54) is 0 Å².